The van der Waals surface area contributed by atoms with E-state index in [1.165, 1.54) is 6.08 Å². The largest absolute Gasteiger partial charge is 0.497 e. The number of methoxy groups -OCH3 is 2. The zero-order valence-electron chi connectivity index (χ0n) is 15.9. The van der Waals surface area contributed by atoms with Gasteiger partial charge in [-0.1, -0.05) is 48.5 Å². The molecule has 4 nitrogen and oxygen atoms in total. The van der Waals surface area contributed by atoms with Gasteiger partial charge in [-0.2, -0.15) is 0 Å². The number of esters is 1. The molecule has 0 radical (unpaired) electrons. The standard InChI is InChI=1S/C24H22O4/c1-26-21-13-14-22(27-2)20(17-21)12-15-24(25)28-23-11-7-6-10-19(23)16-18-8-4-3-5-9-18/h3-15,17H,16H2,1-2H3/b15-12+. The lowest BCUT2D eigenvalue weighted by molar-refractivity contribution is -0.128. The second kappa shape index (κ2) is 9.42. The van der Waals surface area contributed by atoms with Gasteiger partial charge < -0.3 is 14.2 Å². The highest BCUT2D eigenvalue weighted by Gasteiger charge is 2.08. The summed E-state index contributed by atoms with van der Waals surface area (Å²) >= 11 is 0. The van der Waals surface area contributed by atoms with Gasteiger partial charge in [-0.25, -0.2) is 4.79 Å². The first-order chi connectivity index (χ1) is 13.7. The van der Waals surface area contributed by atoms with Gasteiger partial charge in [0.15, 0.2) is 0 Å². The van der Waals surface area contributed by atoms with Crippen LogP contribution >= 0.6 is 0 Å². The Morgan fingerprint density at radius 3 is 2.36 bits per heavy atom. The van der Waals surface area contributed by atoms with E-state index in [0.29, 0.717) is 23.7 Å². The maximum Gasteiger partial charge on any atom is 0.336 e. The summed E-state index contributed by atoms with van der Waals surface area (Å²) in [5, 5.41) is 0. The number of carbonyl (C=O) groups is 1. The van der Waals surface area contributed by atoms with Crippen molar-refractivity contribution in [1.29, 1.82) is 0 Å². The van der Waals surface area contributed by atoms with E-state index in [9.17, 15) is 4.79 Å². The van der Waals surface area contributed by atoms with Crippen LogP contribution in [0.5, 0.6) is 17.2 Å². The van der Waals surface area contributed by atoms with Gasteiger partial charge in [0.25, 0.3) is 0 Å². The van der Waals surface area contributed by atoms with Gasteiger partial charge in [0, 0.05) is 18.1 Å². The van der Waals surface area contributed by atoms with Gasteiger partial charge >= 0.3 is 5.97 Å². The minimum absolute atomic E-state index is 0.453. The van der Waals surface area contributed by atoms with Crippen molar-refractivity contribution in [2.45, 2.75) is 6.42 Å². The van der Waals surface area contributed by atoms with Crippen molar-refractivity contribution in [2.75, 3.05) is 14.2 Å². The summed E-state index contributed by atoms with van der Waals surface area (Å²) in [6.45, 7) is 0. The highest BCUT2D eigenvalue weighted by atomic mass is 16.5. The van der Waals surface area contributed by atoms with Crippen molar-refractivity contribution in [3.05, 3.63) is 95.6 Å². The lowest BCUT2D eigenvalue weighted by Gasteiger charge is -2.09. The molecule has 3 rings (SSSR count). The smallest absolute Gasteiger partial charge is 0.336 e. The zero-order chi connectivity index (χ0) is 19.8. The molecule has 0 spiro atoms. The summed E-state index contributed by atoms with van der Waals surface area (Å²) < 4.78 is 16.1. The van der Waals surface area contributed by atoms with E-state index in [0.717, 1.165) is 16.7 Å². The molecular formula is C24H22O4. The summed E-state index contributed by atoms with van der Waals surface area (Å²) in [5.74, 6) is 1.43. The molecule has 142 valence electrons. The molecule has 0 atom stereocenters. The molecule has 0 fully saturated rings. The number of hydrogen-bond acceptors (Lipinski definition) is 4. The molecule has 0 saturated heterocycles. The molecule has 4 heteroatoms. The molecule has 0 bridgehead atoms. The van der Waals surface area contributed by atoms with Crippen LogP contribution < -0.4 is 14.2 Å². The topological polar surface area (TPSA) is 44.8 Å². The molecular weight excluding hydrogens is 352 g/mol. The molecule has 0 saturated carbocycles. The first kappa shape index (κ1) is 19.2. The molecule has 0 unspecified atom stereocenters. The van der Waals surface area contributed by atoms with E-state index < -0.39 is 5.97 Å². The highest BCUT2D eigenvalue weighted by Crippen LogP contribution is 2.26. The molecule has 28 heavy (non-hydrogen) atoms. The maximum atomic E-state index is 12.4. The van der Waals surface area contributed by atoms with Crippen LogP contribution in [0.25, 0.3) is 6.08 Å². The minimum atomic E-state index is -0.453. The van der Waals surface area contributed by atoms with Crippen LogP contribution in [0.2, 0.25) is 0 Å². The predicted octanol–water partition coefficient (Wildman–Crippen LogP) is 4.91. The number of carbonyl (C=O) groups excluding carboxylic acids is 1. The third-order valence-electron chi connectivity index (χ3n) is 4.26. The SMILES string of the molecule is COc1ccc(OC)c(/C=C/C(=O)Oc2ccccc2Cc2ccccc2)c1. The number of benzene rings is 3. The molecule has 0 aliphatic rings. The fourth-order valence-corrected chi connectivity index (χ4v) is 2.84. The maximum absolute atomic E-state index is 12.4. The Labute approximate surface area is 165 Å². The normalized spacial score (nSPS) is 10.6. The van der Waals surface area contributed by atoms with Gasteiger partial charge in [0.2, 0.25) is 0 Å². The van der Waals surface area contributed by atoms with E-state index >= 15 is 0 Å². The van der Waals surface area contributed by atoms with Crippen LogP contribution in [0.1, 0.15) is 16.7 Å². The van der Waals surface area contributed by atoms with Crippen LogP contribution in [0.3, 0.4) is 0 Å². The minimum Gasteiger partial charge on any atom is -0.497 e. The fraction of sp³-hybridized carbons (Fsp3) is 0.125. The Hall–Kier alpha value is -3.53. The van der Waals surface area contributed by atoms with E-state index in [1.54, 1.807) is 44.6 Å². The third-order valence-corrected chi connectivity index (χ3v) is 4.26. The highest BCUT2D eigenvalue weighted by molar-refractivity contribution is 5.89. The van der Waals surface area contributed by atoms with E-state index in [-0.39, 0.29) is 0 Å². The lowest BCUT2D eigenvalue weighted by Crippen LogP contribution is -2.06. The number of ether oxygens (including phenoxy) is 3. The average molecular weight is 374 g/mol. The van der Waals surface area contributed by atoms with Crippen molar-refractivity contribution in [2.24, 2.45) is 0 Å². The van der Waals surface area contributed by atoms with Crippen LogP contribution in [0.4, 0.5) is 0 Å². The number of hydrogen-bond donors (Lipinski definition) is 0. The quantitative estimate of drug-likeness (QED) is 0.335. The Morgan fingerprint density at radius 1 is 0.857 bits per heavy atom. The van der Waals surface area contributed by atoms with Crippen LogP contribution in [-0.4, -0.2) is 20.2 Å². The van der Waals surface area contributed by atoms with Gasteiger partial charge in [-0.15, -0.1) is 0 Å². The third kappa shape index (κ3) is 5.01. The summed E-state index contributed by atoms with van der Waals surface area (Å²) in [6.07, 6.45) is 3.73. The molecule has 0 heterocycles. The van der Waals surface area contributed by atoms with Gasteiger partial charge in [-0.05, 0) is 41.5 Å². The average Bonchev–Trinajstić information content (AvgIpc) is 2.74. The van der Waals surface area contributed by atoms with Crippen LogP contribution in [0.15, 0.2) is 78.9 Å². The molecule has 0 aliphatic carbocycles. The van der Waals surface area contributed by atoms with E-state index in [2.05, 4.69) is 0 Å². The predicted molar refractivity (Wildman–Crippen MR) is 110 cm³/mol. The lowest BCUT2D eigenvalue weighted by atomic mass is 10.0. The second-order valence-corrected chi connectivity index (χ2v) is 6.13. The first-order valence-corrected chi connectivity index (χ1v) is 8.93. The van der Waals surface area contributed by atoms with Crippen molar-refractivity contribution in [3.63, 3.8) is 0 Å². The second-order valence-electron chi connectivity index (χ2n) is 6.13. The van der Waals surface area contributed by atoms with Crippen molar-refractivity contribution in [1.82, 2.24) is 0 Å². The monoisotopic (exact) mass is 374 g/mol. The van der Waals surface area contributed by atoms with Gasteiger partial charge in [-0.3, -0.25) is 0 Å². The molecule has 0 aliphatic heterocycles. The van der Waals surface area contributed by atoms with Crippen LogP contribution in [-0.2, 0) is 11.2 Å². The summed E-state index contributed by atoms with van der Waals surface area (Å²) in [4.78, 5) is 12.4. The Balaban J connectivity index is 1.74. The molecule has 3 aromatic carbocycles. The molecule has 3 aromatic rings. The summed E-state index contributed by atoms with van der Waals surface area (Å²) in [7, 11) is 3.17. The Bertz CT molecular complexity index is 961. The molecule has 0 amide bonds. The van der Waals surface area contributed by atoms with Crippen molar-refractivity contribution < 1.29 is 19.0 Å². The van der Waals surface area contributed by atoms with Gasteiger partial charge in [0.1, 0.15) is 17.2 Å². The zero-order valence-corrected chi connectivity index (χ0v) is 15.9. The Morgan fingerprint density at radius 2 is 1.61 bits per heavy atom. The number of para-hydroxylation sites is 1. The molecule has 0 N–H and O–H groups in total. The first-order valence-electron chi connectivity index (χ1n) is 8.93. The van der Waals surface area contributed by atoms with Crippen molar-refractivity contribution in [3.8, 4) is 17.2 Å². The summed E-state index contributed by atoms with van der Waals surface area (Å²) in [5.41, 5.74) is 2.84. The fourth-order valence-electron chi connectivity index (χ4n) is 2.84. The van der Waals surface area contributed by atoms with Crippen LogP contribution in [0, 0.1) is 0 Å². The van der Waals surface area contributed by atoms with E-state index in [4.69, 9.17) is 14.2 Å². The van der Waals surface area contributed by atoms with Crippen molar-refractivity contribution >= 4 is 12.0 Å². The van der Waals surface area contributed by atoms with Gasteiger partial charge in [0.05, 0.1) is 14.2 Å². The Kier molecular flexibility index (Phi) is 6.47. The summed E-state index contributed by atoms with van der Waals surface area (Å²) in [6, 6.07) is 23.0. The number of rotatable bonds is 7. The molecule has 0 aromatic heterocycles. The van der Waals surface area contributed by atoms with E-state index in [1.807, 2.05) is 48.5 Å².